The summed E-state index contributed by atoms with van der Waals surface area (Å²) in [4.78, 5) is 4.17. The zero-order valence-corrected chi connectivity index (χ0v) is 12.6. The summed E-state index contributed by atoms with van der Waals surface area (Å²) >= 11 is 2.31. The molecule has 0 fully saturated rings. The highest BCUT2D eigenvalue weighted by Gasteiger charge is 2.06. The third-order valence-corrected chi connectivity index (χ3v) is 3.45. The molecule has 2 aromatic rings. The van der Waals surface area contributed by atoms with Gasteiger partial charge in [-0.25, -0.2) is 0 Å². The van der Waals surface area contributed by atoms with Gasteiger partial charge >= 0.3 is 0 Å². The summed E-state index contributed by atoms with van der Waals surface area (Å²) in [5.74, 6) is 1.38. The molecule has 4 nitrogen and oxygen atoms in total. The summed E-state index contributed by atoms with van der Waals surface area (Å²) in [6, 6.07) is 8.86. The van der Waals surface area contributed by atoms with Crippen molar-refractivity contribution in [3.8, 4) is 0 Å². The van der Waals surface area contributed by atoms with Gasteiger partial charge in [0.15, 0.2) is 5.82 Å². The average Bonchev–Trinajstić information content (AvgIpc) is 2.76. The van der Waals surface area contributed by atoms with Gasteiger partial charge in [-0.3, -0.25) is 0 Å². The lowest BCUT2D eigenvalue weighted by Gasteiger charge is -2.13. The molecule has 0 aliphatic rings. The maximum Gasteiger partial charge on any atom is 0.227 e. The average molecular weight is 357 g/mol. The topological polar surface area (TPSA) is 51.0 Å². The van der Waals surface area contributed by atoms with Crippen molar-refractivity contribution in [2.45, 2.75) is 26.3 Å². The van der Waals surface area contributed by atoms with Gasteiger partial charge in [0, 0.05) is 22.6 Å². The fourth-order valence-corrected chi connectivity index (χ4v) is 2.07. The Morgan fingerprint density at radius 2 is 2.06 bits per heavy atom. The molecule has 0 aliphatic carbocycles. The van der Waals surface area contributed by atoms with Gasteiger partial charge in [-0.05, 0) is 54.1 Å². The van der Waals surface area contributed by atoms with Crippen LogP contribution in [-0.4, -0.2) is 16.7 Å². The SMILES string of the molecule is Cc1noc(CCNC(C)c2ccc(I)cc2)n1. The van der Waals surface area contributed by atoms with Crippen molar-refractivity contribution in [2.24, 2.45) is 0 Å². The lowest BCUT2D eigenvalue weighted by molar-refractivity contribution is 0.370. The number of hydrogen-bond donors (Lipinski definition) is 1. The van der Waals surface area contributed by atoms with E-state index in [1.54, 1.807) is 0 Å². The highest BCUT2D eigenvalue weighted by molar-refractivity contribution is 14.1. The Morgan fingerprint density at radius 1 is 1.33 bits per heavy atom. The van der Waals surface area contributed by atoms with Crippen molar-refractivity contribution in [1.82, 2.24) is 15.5 Å². The minimum atomic E-state index is 0.325. The number of nitrogens with zero attached hydrogens (tertiary/aromatic N) is 2. The van der Waals surface area contributed by atoms with Gasteiger partial charge in [-0.15, -0.1) is 0 Å². The number of aryl methyl sites for hydroxylation is 1. The monoisotopic (exact) mass is 357 g/mol. The zero-order chi connectivity index (χ0) is 13.0. The number of aromatic nitrogens is 2. The number of halogens is 1. The number of hydrogen-bond acceptors (Lipinski definition) is 4. The predicted octanol–water partition coefficient (Wildman–Crippen LogP) is 2.88. The summed E-state index contributed by atoms with van der Waals surface area (Å²) in [5, 5.41) is 7.21. The molecule has 1 aromatic carbocycles. The number of rotatable bonds is 5. The van der Waals surface area contributed by atoms with Crippen molar-refractivity contribution in [1.29, 1.82) is 0 Å². The molecule has 1 unspecified atom stereocenters. The maximum atomic E-state index is 5.07. The van der Waals surface area contributed by atoms with Crippen LogP contribution in [0.25, 0.3) is 0 Å². The van der Waals surface area contributed by atoms with Crippen molar-refractivity contribution in [3.05, 3.63) is 45.1 Å². The Bertz CT molecular complexity index is 495. The second kappa shape index (κ2) is 6.29. The van der Waals surface area contributed by atoms with Crippen LogP contribution < -0.4 is 5.32 Å². The van der Waals surface area contributed by atoms with E-state index in [1.165, 1.54) is 9.13 Å². The molecular formula is C13H16IN3O. The maximum absolute atomic E-state index is 5.07. The molecule has 0 saturated carbocycles. The Hall–Kier alpha value is -0.950. The Labute approximate surface area is 120 Å². The van der Waals surface area contributed by atoms with Crippen LogP contribution in [0.1, 0.15) is 30.2 Å². The van der Waals surface area contributed by atoms with Gasteiger partial charge in [0.2, 0.25) is 5.89 Å². The van der Waals surface area contributed by atoms with Crippen molar-refractivity contribution in [3.63, 3.8) is 0 Å². The summed E-state index contributed by atoms with van der Waals surface area (Å²) in [6.45, 7) is 4.81. The third-order valence-electron chi connectivity index (χ3n) is 2.73. The van der Waals surface area contributed by atoms with Gasteiger partial charge < -0.3 is 9.84 Å². The molecule has 2 rings (SSSR count). The summed E-state index contributed by atoms with van der Waals surface area (Å²) in [7, 11) is 0. The van der Waals surface area contributed by atoms with Gasteiger partial charge in [0.05, 0.1) is 0 Å². The smallest absolute Gasteiger partial charge is 0.227 e. The van der Waals surface area contributed by atoms with Gasteiger partial charge in [0.25, 0.3) is 0 Å². The van der Waals surface area contributed by atoms with E-state index in [-0.39, 0.29) is 0 Å². The van der Waals surface area contributed by atoms with E-state index in [9.17, 15) is 0 Å². The first-order valence-electron chi connectivity index (χ1n) is 5.93. The second-order valence-corrected chi connectivity index (χ2v) is 5.46. The van der Waals surface area contributed by atoms with Crippen LogP contribution in [0.15, 0.2) is 28.8 Å². The van der Waals surface area contributed by atoms with Crippen LogP contribution in [0.4, 0.5) is 0 Å². The van der Waals surface area contributed by atoms with Gasteiger partial charge in [0.1, 0.15) is 0 Å². The number of benzene rings is 1. The molecule has 1 aromatic heterocycles. The molecule has 0 saturated heterocycles. The van der Waals surface area contributed by atoms with Gasteiger partial charge in [-0.2, -0.15) is 4.98 Å². The quantitative estimate of drug-likeness (QED) is 0.837. The Balaban J connectivity index is 1.81. The molecule has 0 radical (unpaired) electrons. The molecule has 1 heterocycles. The largest absolute Gasteiger partial charge is 0.339 e. The highest BCUT2D eigenvalue weighted by Crippen LogP contribution is 2.14. The first-order valence-corrected chi connectivity index (χ1v) is 7.01. The fourth-order valence-electron chi connectivity index (χ4n) is 1.71. The Kier molecular flexibility index (Phi) is 4.71. The second-order valence-electron chi connectivity index (χ2n) is 4.21. The minimum Gasteiger partial charge on any atom is -0.339 e. The van der Waals surface area contributed by atoms with Crippen molar-refractivity contribution in [2.75, 3.05) is 6.54 Å². The highest BCUT2D eigenvalue weighted by atomic mass is 127. The minimum absolute atomic E-state index is 0.325. The summed E-state index contributed by atoms with van der Waals surface area (Å²) < 4.78 is 6.32. The van der Waals surface area contributed by atoms with E-state index < -0.39 is 0 Å². The summed E-state index contributed by atoms with van der Waals surface area (Å²) in [6.07, 6.45) is 0.759. The molecule has 0 aliphatic heterocycles. The van der Waals surface area contributed by atoms with E-state index in [0.717, 1.165) is 13.0 Å². The molecule has 0 bridgehead atoms. The van der Waals surface area contributed by atoms with Crippen LogP contribution in [0.3, 0.4) is 0 Å². The zero-order valence-electron chi connectivity index (χ0n) is 10.5. The van der Waals surface area contributed by atoms with E-state index in [4.69, 9.17) is 4.52 Å². The van der Waals surface area contributed by atoms with Crippen LogP contribution in [-0.2, 0) is 6.42 Å². The first-order chi connectivity index (χ1) is 8.65. The van der Waals surface area contributed by atoms with E-state index in [0.29, 0.717) is 17.8 Å². The molecule has 0 spiro atoms. The molecule has 1 atom stereocenters. The fraction of sp³-hybridized carbons (Fsp3) is 0.385. The lowest BCUT2D eigenvalue weighted by atomic mass is 10.1. The van der Waals surface area contributed by atoms with Crippen LogP contribution in [0.5, 0.6) is 0 Å². The van der Waals surface area contributed by atoms with Crippen molar-refractivity contribution < 1.29 is 4.52 Å². The van der Waals surface area contributed by atoms with Crippen LogP contribution in [0, 0.1) is 10.5 Å². The van der Waals surface area contributed by atoms with E-state index >= 15 is 0 Å². The van der Waals surface area contributed by atoms with E-state index in [1.807, 2.05) is 6.92 Å². The summed E-state index contributed by atoms with van der Waals surface area (Å²) in [5.41, 5.74) is 1.29. The van der Waals surface area contributed by atoms with Crippen LogP contribution in [0.2, 0.25) is 0 Å². The van der Waals surface area contributed by atoms with Gasteiger partial charge in [-0.1, -0.05) is 17.3 Å². The normalized spacial score (nSPS) is 12.6. The molecular weight excluding hydrogens is 341 g/mol. The van der Waals surface area contributed by atoms with E-state index in [2.05, 4.69) is 69.2 Å². The number of nitrogens with one attached hydrogen (secondary N) is 1. The lowest BCUT2D eigenvalue weighted by Crippen LogP contribution is -2.21. The standard InChI is InChI=1S/C13H16IN3O/c1-9(11-3-5-12(14)6-4-11)15-8-7-13-16-10(2)17-18-13/h3-6,9,15H,7-8H2,1-2H3. The van der Waals surface area contributed by atoms with Crippen LogP contribution >= 0.6 is 22.6 Å². The molecule has 5 heteroatoms. The molecule has 1 N–H and O–H groups in total. The predicted molar refractivity (Wildman–Crippen MR) is 78.3 cm³/mol. The Morgan fingerprint density at radius 3 is 2.67 bits per heavy atom. The third kappa shape index (κ3) is 3.78. The molecule has 18 heavy (non-hydrogen) atoms. The molecule has 96 valence electrons. The molecule has 0 amide bonds. The van der Waals surface area contributed by atoms with Crippen molar-refractivity contribution >= 4 is 22.6 Å². The first kappa shape index (κ1) is 13.5.